The highest BCUT2D eigenvalue weighted by Crippen LogP contribution is 2.34. The summed E-state index contributed by atoms with van der Waals surface area (Å²) in [6.45, 7) is 0. The number of hydrogen-bond donors (Lipinski definition) is 2. The van der Waals surface area contributed by atoms with Crippen LogP contribution in [0.1, 0.15) is 0 Å². The van der Waals surface area contributed by atoms with Crippen LogP contribution in [0.2, 0.25) is 0 Å². The molecule has 4 heteroatoms. The predicted molar refractivity (Wildman–Crippen MR) is 71.1 cm³/mol. The van der Waals surface area contributed by atoms with Crippen LogP contribution in [0.5, 0.6) is 0 Å². The first-order valence-corrected chi connectivity index (χ1v) is 6.10. The summed E-state index contributed by atoms with van der Waals surface area (Å²) in [6, 6.07) is 14.2. The van der Waals surface area contributed by atoms with E-state index in [9.17, 15) is 0 Å². The Balaban J connectivity index is 2.02. The fourth-order valence-corrected chi connectivity index (χ4v) is 2.59. The lowest BCUT2D eigenvalue weighted by molar-refractivity contribution is 1.12. The molecule has 0 aliphatic heterocycles. The molecule has 1 aromatic heterocycles. The summed E-state index contributed by atoms with van der Waals surface area (Å²) >= 11 is 1.66. The van der Waals surface area contributed by atoms with Crippen LogP contribution in [0, 0.1) is 0 Å². The first-order valence-electron chi connectivity index (χ1n) is 5.28. The molecule has 3 nitrogen and oxygen atoms in total. The van der Waals surface area contributed by atoms with E-state index in [0.717, 1.165) is 21.5 Å². The summed E-state index contributed by atoms with van der Waals surface area (Å²) < 4.78 is 0. The molecule has 0 amide bonds. The van der Waals surface area contributed by atoms with Crippen LogP contribution < -0.4 is 5.73 Å². The molecule has 3 aromatic rings. The topological polar surface area (TPSA) is 54.7 Å². The zero-order valence-electron chi connectivity index (χ0n) is 9.05. The molecule has 3 N–H and O–H groups in total. The molecule has 0 aliphatic carbocycles. The van der Waals surface area contributed by atoms with Gasteiger partial charge in [-0.3, -0.25) is 5.10 Å². The Hall–Kier alpha value is -1.94. The number of hydrogen-bond acceptors (Lipinski definition) is 3. The number of anilines is 1. The van der Waals surface area contributed by atoms with Crippen molar-refractivity contribution in [3.05, 3.63) is 48.7 Å². The second-order valence-corrected chi connectivity index (χ2v) is 4.88. The average molecular weight is 241 g/mol. The van der Waals surface area contributed by atoms with Gasteiger partial charge in [0.25, 0.3) is 0 Å². The Labute approximate surface area is 103 Å². The monoisotopic (exact) mass is 241 g/mol. The van der Waals surface area contributed by atoms with Gasteiger partial charge in [-0.2, -0.15) is 5.10 Å². The molecule has 0 fully saturated rings. The Bertz CT molecular complexity index is 646. The highest BCUT2D eigenvalue weighted by Gasteiger charge is 2.05. The average Bonchev–Trinajstić information content (AvgIpc) is 2.78. The molecular formula is C13H11N3S. The zero-order valence-corrected chi connectivity index (χ0v) is 9.87. The van der Waals surface area contributed by atoms with Gasteiger partial charge in [-0.25, -0.2) is 0 Å². The first-order chi connectivity index (χ1) is 8.33. The van der Waals surface area contributed by atoms with Crippen LogP contribution in [-0.4, -0.2) is 10.2 Å². The lowest BCUT2D eigenvalue weighted by atomic mass is 10.2. The van der Waals surface area contributed by atoms with Crippen molar-refractivity contribution >= 4 is 28.4 Å². The van der Waals surface area contributed by atoms with Crippen LogP contribution >= 0.6 is 11.8 Å². The molecule has 0 atom stereocenters. The lowest BCUT2D eigenvalue weighted by Crippen LogP contribution is -1.88. The molecular weight excluding hydrogens is 230 g/mol. The first kappa shape index (κ1) is 10.2. The van der Waals surface area contributed by atoms with Crippen LogP contribution in [0.3, 0.4) is 0 Å². The van der Waals surface area contributed by atoms with Crippen molar-refractivity contribution in [2.75, 3.05) is 5.73 Å². The fourth-order valence-electron chi connectivity index (χ4n) is 1.69. The quantitative estimate of drug-likeness (QED) is 0.677. The Morgan fingerprint density at radius 1 is 1.12 bits per heavy atom. The molecule has 3 rings (SSSR count). The van der Waals surface area contributed by atoms with Crippen LogP contribution in [-0.2, 0) is 0 Å². The highest BCUT2D eigenvalue weighted by molar-refractivity contribution is 7.99. The van der Waals surface area contributed by atoms with Gasteiger partial charge in [-0.15, -0.1) is 0 Å². The summed E-state index contributed by atoms with van der Waals surface area (Å²) in [5, 5.41) is 8.00. The molecule has 0 radical (unpaired) electrons. The summed E-state index contributed by atoms with van der Waals surface area (Å²) in [5.41, 5.74) is 7.83. The highest BCUT2D eigenvalue weighted by atomic mass is 32.2. The molecule has 0 bridgehead atoms. The van der Waals surface area contributed by atoms with E-state index in [2.05, 4.69) is 22.3 Å². The SMILES string of the molecule is Nc1cc2cn[nH]c2cc1Sc1ccccc1. The number of nitrogens with one attached hydrogen (secondary N) is 1. The van der Waals surface area contributed by atoms with Gasteiger partial charge in [0, 0.05) is 20.9 Å². The van der Waals surface area contributed by atoms with Gasteiger partial charge < -0.3 is 5.73 Å². The van der Waals surface area contributed by atoms with E-state index in [1.54, 1.807) is 18.0 Å². The molecule has 0 spiro atoms. The number of H-pyrrole nitrogens is 1. The minimum Gasteiger partial charge on any atom is -0.398 e. The fraction of sp³-hybridized carbons (Fsp3) is 0. The maximum Gasteiger partial charge on any atom is 0.0663 e. The van der Waals surface area contributed by atoms with Crippen LogP contribution in [0.25, 0.3) is 10.9 Å². The van der Waals surface area contributed by atoms with Crippen LogP contribution in [0.15, 0.2) is 58.5 Å². The smallest absolute Gasteiger partial charge is 0.0663 e. The summed E-state index contributed by atoms with van der Waals surface area (Å²) in [7, 11) is 0. The Morgan fingerprint density at radius 3 is 2.76 bits per heavy atom. The number of nitrogen functional groups attached to an aromatic ring is 1. The molecule has 0 saturated heterocycles. The Morgan fingerprint density at radius 2 is 1.94 bits per heavy atom. The van der Waals surface area contributed by atoms with Crippen molar-refractivity contribution in [1.29, 1.82) is 0 Å². The molecule has 0 saturated carbocycles. The van der Waals surface area contributed by atoms with E-state index in [-0.39, 0.29) is 0 Å². The van der Waals surface area contributed by atoms with E-state index in [0.29, 0.717) is 0 Å². The molecule has 84 valence electrons. The largest absolute Gasteiger partial charge is 0.398 e. The van der Waals surface area contributed by atoms with Gasteiger partial charge >= 0.3 is 0 Å². The van der Waals surface area contributed by atoms with Crippen molar-refractivity contribution in [3.63, 3.8) is 0 Å². The number of nitrogens with two attached hydrogens (primary N) is 1. The van der Waals surface area contributed by atoms with Crippen molar-refractivity contribution in [3.8, 4) is 0 Å². The minimum absolute atomic E-state index is 0.785. The van der Waals surface area contributed by atoms with Gasteiger partial charge in [-0.05, 0) is 24.3 Å². The van der Waals surface area contributed by atoms with E-state index < -0.39 is 0 Å². The van der Waals surface area contributed by atoms with Crippen molar-refractivity contribution < 1.29 is 0 Å². The maximum atomic E-state index is 6.03. The third-order valence-electron chi connectivity index (χ3n) is 2.54. The molecule has 0 aliphatic rings. The molecule has 17 heavy (non-hydrogen) atoms. The van der Waals surface area contributed by atoms with Crippen molar-refractivity contribution in [2.24, 2.45) is 0 Å². The van der Waals surface area contributed by atoms with Gasteiger partial charge in [0.05, 0.1) is 11.7 Å². The third kappa shape index (κ3) is 1.99. The second-order valence-electron chi connectivity index (χ2n) is 3.76. The van der Waals surface area contributed by atoms with Crippen molar-refractivity contribution in [1.82, 2.24) is 10.2 Å². The number of fused-ring (bicyclic) bond motifs is 1. The second kappa shape index (κ2) is 4.14. The molecule has 1 heterocycles. The minimum atomic E-state index is 0.785. The molecule has 0 unspecified atom stereocenters. The summed E-state index contributed by atoms with van der Waals surface area (Å²) in [5.74, 6) is 0. The summed E-state index contributed by atoms with van der Waals surface area (Å²) in [4.78, 5) is 2.23. The van der Waals surface area contributed by atoms with Gasteiger partial charge in [0.1, 0.15) is 0 Å². The number of aromatic amines is 1. The number of benzene rings is 2. The molecule has 2 aromatic carbocycles. The van der Waals surface area contributed by atoms with Gasteiger partial charge in [0.15, 0.2) is 0 Å². The van der Waals surface area contributed by atoms with E-state index >= 15 is 0 Å². The van der Waals surface area contributed by atoms with Crippen molar-refractivity contribution in [2.45, 2.75) is 9.79 Å². The van der Waals surface area contributed by atoms with Crippen LogP contribution in [0.4, 0.5) is 5.69 Å². The number of nitrogens with zero attached hydrogens (tertiary/aromatic N) is 1. The lowest BCUT2D eigenvalue weighted by Gasteiger charge is -2.05. The third-order valence-corrected chi connectivity index (χ3v) is 3.62. The maximum absolute atomic E-state index is 6.03. The zero-order chi connectivity index (χ0) is 11.7. The summed E-state index contributed by atoms with van der Waals surface area (Å²) in [6.07, 6.45) is 1.78. The van der Waals surface area contributed by atoms with Gasteiger partial charge in [0.2, 0.25) is 0 Å². The predicted octanol–water partition coefficient (Wildman–Crippen LogP) is 3.30. The van der Waals surface area contributed by atoms with E-state index in [1.165, 1.54) is 4.90 Å². The van der Waals surface area contributed by atoms with Gasteiger partial charge in [-0.1, -0.05) is 30.0 Å². The number of aromatic nitrogens is 2. The Kier molecular flexibility index (Phi) is 2.49. The van der Waals surface area contributed by atoms with E-state index in [4.69, 9.17) is 5.73 Å². The standard InChI is InChI=1S/C13H11N3S/c14-11-6-9-8-15-16-12(9)7-13(11)17-10-4-2-1-3-5-10/h1-8H,14H2,(H,15,16). The number of rotatable bonds is 2. The van der Waals surface area contributed by atoms with E-state index in [1.807, 2.05) is 30.3 Å². The normalized spacial score (nSPS) is 10.8.